The van der Waals surface area contributed by atoms with Crippen molar-refractivity contribution in [2.45, 2.75) is 46.1 Å². The molecule has 0 aliphatic heterocycles. The molecule has 1 aromatic heterocycles. The van der Waals surface area contributed by atoms with Crippen molar-refractivity contribution in [3.8, 4) is 0 Å². The topological polar surface area (TPSA) is 26.9 Å². The van der Waals surface area contributed by atoms with Crippen molar-refractivity contribution in [3.05, 3.63) is 34.2 Å². The number of benzene rings is 1. The Kier molecular flexibility index (Phi) is 2.88. The van der Waals surface area contributed by atoms with E-state index in [4.69, 9.17) is 0 Å². The van der Waals surface area contributed by atoms with Crippen molar-refractivity contribution in [3.63, 3.8) is 0 Å². The van der Waals surface area contributed by atoms with Gasteiger partial charge in [-0.3, -0.25) is 9.13 Å². The van der Waals surface area contributed by atoms with Gasteiger partial charge in [-0.05, 0) is 30.9 Å². The van der Waals surface area contributed by atoms with Gasteiger partial charge >= 0.3 is 5.69 Å². The van der Waals surface area contributed by atoms with E-state index < -0.39 is 0 Å². The van der Waals surface area contributed by atoms with Crippen LogP contribution in [0.15, 0.2) is 23.0 Å². The van der Waals surface area contributed by atoms with Gasteiger partial charge in [0, 0.05) is 13.1 Å². The number of aryl methyl sites for hydroxylation is 1. The first-order chi connectivity index (χ1) is 8.25. The van der Waals surface area contributed by atoms with Crippen LogP contribution in [0.5, 0.6) is 0 Å². The molecule has 0 unspecified atom stereocenters. The fourth-order valence-corrected chi connectivity index (χ4v) is 2.54. The molecule has 2 aromatic rings. The molecule has 18 heavy (non-hydrogen) atoms. The molecule has 0 atom stereocenters. The number of hydrogen-bond acceptors (Lipinski definition) is 1. The second-order valence-electron chi connectivity index (χ2n) is 6.23. The number of rotatable bonds is 1. The van der Waals surface area contributed by atoms with Crippen LogP contribution in [0.2, 0.25) is 0 Å². The van der Waals surface area contributed by atoms with Crippen LogP contribution in [0.4, 0.5) is 0 Å². The first-order valence-electron chi connectivity index (χ1n) is 6.45. The molecule has 0 radical (unpaired) electrons. The average Bonchev–Trinajstić information content (AvgIpc) is 2.50. The van der Waals surface area contributed by atoms with Crippen molar-refractivity contribution in [2.24, 2.45) is 7.05 Å². The Labute approximate surface area is 108 Å². The van der Waals surface area contributed by atoms with Crippen molar-refractivity contribution in [1.82, 2.24) is 9.13 Å². The lowest BCUT2D eigenvalue weighted by molar-refractivity contribution is 0.581. The molecule has 3 heteroatoms. The highest BCUT2D eigenvalue weighted by atomic mass is 16.1. The van der Waals surface area contributed by atoms with Crippen LogP contribution in [0.1, 0.15) is 46.2 Å². The maximum Gasteiger partial charge on any atom is 0.329 e. The molecule has 0 saturated carbocycles. The molecule has 0 amide bonds. The summed E-state index contributed by atoms with van der Waals surface area (Å²) in [5, 5.41) is 0. The summed E-state index contributed by atoms with van der Waals surface area (Å²) in [4.78, 5) is 12.3. The molecule has 0 N–H and O–H groups in total. The molecule has 3 nitrogen and oxygen atoms in total. The lowest BCUT2D eigenvalue weighted by Crippen LogP contribution is -2.23. The Hall–Kier alpha value is -1.51. The van der Waals surface area contributed by atoms with Gasteiger partial charge in [0.05, 0.1) is 11.0 Å². The van der Waals surface area contributed by atoms with Gasteiger partial charge in [0.15, 0.2) is 0 Å². The quantitative estimate of drug-likeness (QED) is 0.759. The highest BCUT2D eigenvalue weighted by molar-refractivity contribution is 5.81. The summed E-state index contributed by atoms with van der Waals surface area (Å²) in [7, 11) is 1.86. The van der Waals surface area contributed by atoms with Crippen LogP contribution in [-0.2, 0) is 12.5 Å². The number of imidazole rings is 1. The van der Waals surface area contributed by atoms with E-state index in [1.807, 2.05) is 37.6 Å². The lowest BCUT2D eigenvalue weighted by Gasteiger charge is -2.20. The Morgan fingerprint density at radius 3 is 2.28 bits per heavy atom. The number of fused-ring (bicyclic) bond motifs is 1. The molecule has 2 rings (SSSR count). The van der Waals surface area contributed by atoms with Gasteiger partial charge in [0.25, 0.3) is 0 Å². The van der Waals surface area contributed by atoms with Crippen molar-refractivity contribution >= 4 is 11.0 Å². The second kappa shape index (κ2) is 4.01. The summed E-state index contributed by atoms with van der Waals surface area (Å²) in [6.45, 7) is 10.6. The third-order valence-corrected chi connectivity index (χ3v) is 3.43. The summed E-state index contributed by atoms with van der Waals surface area (Å²) in [6, 6.07) is 6.37. The summed E-state index contributed by atoms with van der Waals surface area (Å²) >= 11 is 0. The average molecular weight is 246 g/mol. The largest absolute Gasteiger partial charge is 0.329 e. The van der Waals surface area contributed by atoms with Crippen LogP contribution >= 0.6 is 0 Å². The van der Waals surface area contributed by atoms with Gasteiger partial charge in [-0.1, -0.05) is 32.9 Å². The van der Waals surface area contributed by atoms with Gasteiger partial charge in [-0.15, -0.1) is 0 Å². The SMILES string of the molecule is CC(C)n1c(=O)n(C)c2c(C(C)(C)C)cccc21. The van der Waals surface area contributed by atoms with Gasteiger partial charge in [-0.25, -0.2) is 4.79 Å². The zero-order valence-electron chi connectivity index (χ0n) is 12.1. The van der Waals surface area contributed by atoms with Crippen LogP contribution < -0.4 is 5.69 Å². The highest BCUT2D eigenvalue weighted by Crippen LogP contribution is 2.29. The first-order valence-corrected chi connectivity index (χ1v) is 6.45. The highest BCUT2D eigenvalue weighted by Gasteiger charge is 2.22. The van der Waals surface area contributed by atoms with E-state index in [9.17, 15) is 4.79 Å². The standard InChI is InChI=1S/C15H22N2O/c1-10(2)17-12-9-7-8-11(15(3,4)5)13(12)16(6)14(17)18/h7-10H,1-6H3. The molecule has 0 spiro atoms. The van der Waals surface area contributed by atoms with Gasteiger partial charge < -0.3 is 0 Å². The minimum absolute atomic E-state index is 0.0346. The maximum atomic E-state index is 12.3. The Balaban J connectivity index is 2.97. The third-order valence-electron chi connectivity index (χ3n) is 3.43. The monoisotopic (exact) mass is 246 g/mol. The maximum absolute atomic E-state index is 12.3. The number of aromatic nitrogens is 2. The smallest absolute Gasteiger partial charge is 0.295 e. The minimum Gasteiger partial charge on any atom is -0.295 e. The summed E-state index contributed by atoms with van der Waals surface area (Å²) in [5.74, 6) is 0. The molecule has 0 saturated heterocycles. The number of nitrogens with zero attached hydrogens (tertiary/aromatic N) is 2. The lowest BCUT2D eigenvalue weighted by atomic mass is 9.86. The van der Waals surface area contributed by atoms with E-state index in [-0.39, 0.29) is 17.1 Å². The summed E-state index contributed by atoms with van der Waals surface area (Å²) in [6.07, 6.45) is 0. The van der Waals surface area contributed by atoms with E-state index in [2.05, 4.69) is 26.8 Å². The van der Waals surface area contributed by atoms with Crippen molar-refractivity contribution < 1.29 is 0 Å². The van der Waals surface area contributed by atoms with Gasteiger partial charge in [0.1, 0.15) is 0 Å². The minimum atomic E-state index is 0.0346. The van der Waals surface area contributed by atoms with E-state index >= 15 is 0 Å². The Bertz CT molecular complexity index is 639. The summed E-state index contributed by atoms with van der Waals surface area (Å²) in [5.41, 5.74) is 3.41. The third kappa shape index (κ3) is 1.78. The van der Waals surface area contributed by atoms with Crippen molar-refractivity contribution in [2.75, 3.05) is 0 Å². The van der Waals surface area contributed by atoms with Crippen LogP contribution in [0, 0.1) is 0 Å². The predicted octanol–water partition coefficient (Wildman–Crippen LogP) is 3.22. The molecular formula is C15H22N2O. The zero-order valence-corrected chi connectivity index (χ0v) is 12.1. The van der Waals surface area contributed by atoms with E-state index in [1.54, 1.807) is 4.57 Å². The predicted molar refractivity (Wildman–Crippen MR) is 76.3 cm³/mol. The molecule has 1 heterocycles. The van der Waals surface area contributed by atoms with Crippen molar-refractivity contribution in [1.29, 1.82) is 0 Å². The first kappa shape index (κ1) is 12.9. The molecule has 0 fully saturated rings. The van der Waals surface area contributed by atoms with E-state index in [0.717, 1.165) is 11.0 Å². The van der Waals surface area contributed by atoms with Gasteiger partial charge in [0.2, 0.25) is 0 Å². The molecule has 0 aliphatic rings. The summed E-state index contributed by atoms with van der Waals surface area (Å²) < 4.78 is 3.64. The fourth-order valence-electron chi connectivity index (χ4n) is 2.54. The van der Waals surface area contributed by atoms with E-state index in [1.165, 1.54) is 5.56 Å². The Morgan fingerprint density at radius 2 is 1.78 bits per heavy atom. The normalized spacial score (nSPS) is 12.6. The van der Waals surface area contributed by atoms with Gasteiger partial charge in [-0.2, -0.15) is 0 Å². The molecule has 0 aliphatic carbocycles. The number of para-hydroxylation sites is 1. The number of hydrogen-bond donors (Lipinski definition) is 0. The second-order valence-corrected chi connectivity index (χ2v) is 6.23. The molecule has 1 aromatic carbocycles. The van der Waals surface area contributed by atoms with Crippen LogP contribution in [-0.4, -0.2) is 9.13 Å². The molecular weight excluding hydrogens is 224 g/mol. The van der Waals surface area contributed by atoms with Crippen LogP contribution in [0.3, 0.4) is 0 Å². The molecule has 98 valence electrons. The molecule has 0 bridgehead atoms. The Morgan fingerprint density at radius 1 is 1.17 bits per heavy atom. The fraction of sp³-hybridized carbons (Fsp3) is 0.533. The van der Waals surface area contributed by atoms with E-state index in [0.29, 0.717) is 0 Å². The van der Waals surface area contributed by atoms with Crippen LogP contribution in [0.25, 0.3) is 11.0 Å². The zero-order chi connectivity index (χ0) is 13.7.